The molecule has 6 nitrogen and oxygen atoms in total. The second-order valence-electron chi connectivity index (χ2n) is 6.85. The molecule has 1 heterocycles. The number of hydrogen-bond acceptors (Lipinski definition) is 3. The third-order valence-electron chi connectivity index (χ3n) is 3.78. The van der Waals surface area contributed by atoms with Crippen LogP contribution in [0.2, 0.25) is 0 Å². The summed E-state index contributed by atoms with van der Waals surface area (Å²) >= 11 is 0. The number of aliphatic imine (C=N–C) groups is 1. The number of aromatic nitrogens is 2. The van der Waals surface area contributed by atoms with Crippen LogP contribution in [-0.2, 0) is 13.1 Å². The summed E-state index contributed by atoms with van der Waals surface area (Å²) < 4.78 is 21.1. The molecule has 156 valence electrons. The Kier molecular flexibility index (Phi) is 10.9. The predicted molar refractivity (Wildman–Crippen MR) is 122 cm³/mol. The number of nitrogens with one attached hydrogen (secondary N) is 2. The summed E-state index contributed by atoms with van der Waals surface area (Å²) in [5, 5.41) is 6.48. The van der Waals surface area contributed by atoms with Crippen LogP contribution in [0.1, 0.15) is 33.5 Å². The van der Waals surface area contributed by atoms with Crippen LogP contribution in [0.4, 0.5) is 4.39 Å². The summed E-state index contributed by atoms with van der Waals surface area (Å²) in [6, 6.07) is 6.16. The van der Waals surface area contributed by atoms with E-state index < -0.39 is 0 Å². The van der Waals surface area contributed by atoms with Crippen molar-refractivity contribution in [3.8, 4) is 5.75 Å². The van der Waals surface area contributed by atoms with E-state index in [9.17, 15) is 4.39 Å². The number of halogens is 2. The first kappa shape index (κ1) is 24.2. The third kappa shape index (κ3) is 8.45. The van der Waals surface area contributed by atoms with Gasteiger partial charge >= 0.3 is 0 Å². The van der Waals surface area contributed by atoms with E-state index in [-0.39, 0.29) is 35.9 Å². The van der Waals surface area contributed by atoms with Crippen molar-refractivity contribution >= 4 is 29.9 Å². The van der Waals surface area contributed by atoms with Crippen molar-refractivity contribution < 1.29 is 9.13 Å². The molecule has 1 aromatic heterocycles. The molecule has 8 heteroatoms. The monoisotopic (exact) mass is 503 g/mol. The van der Waals surface area contributed by atoms with Gasteiger partial charge in [-0.1, -0.05) is 19.9 Å². The van der Waals surface area contributed by atoms with E-state index >= 15 is 0 Å². The molecule has 0 aliphatic carbocycles. The minimum Gasteiger partial charge on any atom is -0.489 e. The molecule has 0 fully saturated rings. The maximum Gasteiger partial charge on any atom is 0.191 e. The van der Waals surface area contributed by atoms with Gasteiger partial charge in [-0.15, -0.1) is 24.0 Å². The molecule has 2 rings (SSSR count). The lowest BCUT2D eigenvalue weighted by atomic mass is 10.2. The number of benzene rings is 1. The summed E-state index contributed by atoms with van der Waals surface area (Å²) in [5.41, 5.74) is 0. The van der Waals surface area contributed by atoms with E-state index in [1.165, 1.54) is 12.1 Å². The first-order chi connectivity index (χ1) is 13.0. The van der Waals surface area contributed by atoms with E-state index in [2.05, 4.69) is 39.0 Å². The molecule has 0 aliphatic rings. The van der Waals surface area contributed by atoms with Crippen LogP contribution in [0, 0.1) is 11.7 Å². The molecular formula is C20H31FIN5O. The average molecular weight is 503 g/mol. The number of imidazole rings is 1. The van der Waals surface area contributed by atoms with Gasteiger partial charge in [-0.25, -0.2) is 14.4 Å². The quantitative estimate of drug-likeness (QED) is 0.311. The van der Waals surface area contributed by atoms with Crippen LogP contribution < -0.4 is 15.4 Å². The minimum atomic E-state index is -0.306. The zero-order valence-electron chi connectivity index (χ0n) is 17.0. The Labute approximate surface area is 184 Å². The van der Waals surface area contributed by atoms with Gasteiger partial charge in [-0.3, -0.25) is 0 Å². The van der Waals surface area contributed by atoms with Gasteiger partial charge in [-0.05, 0) is 31.9 Å². The Morgan fingerprint density at radius 3 is 2.75 bits per heavy atom. The normalized spacial score (nSPS) is 12.4. The van der Waals surface area contributed by atoms with Crippen molar-refractivity contribution in [2.45, 2.75) is 46.9 Å². The Morgan fingerprint density at radius 1 is 1.29 bits per heavy atom. The third-order valence-corrected chi connectivity index (χ3v) is 3.78. The van der Waals surface area contributed by atoms with Crippen LogP contribution in [0.3, 0.4) is 0 Å². The molecule has 0 bridgehead atoms. The SMILES string of the molecule is CCNC(=NCc1nccn1CC(C)C)NCC(C)Oc1cccc(F)c1.I. The zero-order chi connectivity index (χ0) is 19.6. The van der Waals surface area contributed by atoms with E-state index in [0.29, 0.717) is 30.7 Å². The topological polar surface area (TPSA) is 63.5 Å². The van der Waals surface area contributed by atoms with E-state index in [0.717, 1.165) is 18.9 Å². The van der Waals surface area contributed by atoms with Gasteiger partial charge in [-0.2, -0.15) is 0 Å². The molecule has 0 saturated carbocycles. The number of hydrogen-bond donors (Lipinski definition) is 2. The minimum absolute atomic E-state index is 0. The van der Waals surface area contributed by atoms with Crippen LogP contribution in [0.25, 0.3) is 0 Å². The fraction of sp³-hybridized carbons (Fsp3) is 0.500. The van der Waals surface area contributed by atoms with Gasteiger partial charge in [0.05, 0.1) is 6.54 Å². The van der Waals surface area contributed by atoms with Crippen molar-refractivity contribution in [1.29, 1.82) is 0 Å². The van der Waals surface area contributed by atoms with Crippen LogP contribution in [0.5, 0.6) is 5.75 Å². The number of ether oxygens (including phenoxy) is 1. The van der Waals surface area contributed by atoms with Crippen molar-refractivity contribution in [3.05, 3.63) is 48.3 Å². The van der Waals surface area contributed by atoms with Crippen molar-refractivity contribution in [3.63, 3.8) is 0 Å². The smallest absolute Gasteiger partial charge is 0.191 e. The maximum absolute atomic E-state index is 13.2. The second-order valence-corrected chi connectivity index (χ2v) is 6.85. The summed E-state index contributed by atoms with van der Waals surface area (Å²) in [4.78, 5) is 9.01. The molecule has 2 aromatic rings. The zero-order valence-corrected chi connectivity index (χ0v) is 19.3. The molecule has 1 aromatic carbocycles. The van der Waals surface area contributed by atoms with Crippen LogP contribution in [-0.4, -0.2) is 34.7 Å². The molecule has 0 amide bonds. The maximum atomic E-state index is 13.2. The standard InChI is InChI=1S/C20H30FN5O.HI/c1-5-22-20(25-13-19-23-9-10-26(19)14-15(2)3)24-12-16(4)27-18-8-6-7-17(21)11-18;/h6-11,15-16H,5,12-14H2,1-4H3,(H2,22,24,25);1H. The van der Waals surface area contributed by atoms with Gasteiger partial charge < -0.3 is 19.9 Å². The lowest BCUT2D eigenvalue weighted by Gasteiger charge is -2.18. The predicted octanol–water partition coefficient (Wildman–Crippen LogP) is 3.82. The molecule has 0 aliphatic heterocycles. The first-order valence-electron chi connectivity index (χ1n) is 9.42. The molecule has 0 saturated heterocycles. The molecule has 1 atom stereocenters. The van der Waals surface area contributed by atoms with Crippen molar-refractivity contribution in [2.24, 2.45) is 10.9 Å². The highest BCUT2D eigenvalue weighted by molar-refractivity contribution is 14.0. The van der Waals surface area contributed by atoms with Gasteiger partial charge in [0.2, 0.25) is 0 Å². The molecule has 0 spiro atoms. The van der Waals surface area contributed by atoms with Crippen molar-refractivity contribution in [1.82, 2.24) is 20.2 Å². The Morgan fingerprint density at radius 2 is 2.07 bits per heavy atom. The summed E-state index contributed by atoms with van der Waals surface area (Å²) in [5.74, 6) is 2.40. The lowest BCUT2D eigenvalue weighted by Crippen LogP contribution is -2.41. The summed E-state index contributed by atoms with van der Waals surface area (Å²) in [7, 11) is 0. The van der Waals surface area contributed by atoms with E-state index in [1.54, 1.807) is 12.1 Å². The second kappa shape index (κ2) is 12.6. The lowest BCUT2D eigenvalue weighted by molar-refractivity contribution is 0.223. The van der Waals surface area contributed by atoms with Gasteiger partial charge in [0.15, 0.2) is 5.96 Å². The number of guanidine groups is 1. The van der Waals surface area contributed by atoms with Crippen molar-refractivity contribution in [2.75, 3.05) is 13.1 Å². The van der Waals surface area contributed by atoms with E-state index in [1.807, 2.05) is 26.2 Å². The van der Waals surface area contributed by atoms with Gasteiger partial charge in [0.25, 0.3) is 0 Å². The van der Waals surface area contributed by atoms with E-state index in [4.69, 9.17) is 4.74 Å². The Balaban J connectivity index is 0.00000392. The highest BCUT2D eigenvalue weighted by atomic mass is 127. The molecule has 0 radical (unpaired) electrons. The highest BCUT2D eigenvalue weighted by Crippen LogP contribution is 2.13. The first-order valence-corrected chi connectivity index (χ1v) is 9.42. The van der Waals surface area contributed by atoms with Gasteiger partial charge in [0.1, 0.15) is 30.0 Å². The molecule has 1 unspecified atom stereocenters. The Bertz CT molecular complexity index is 735. The molecule has 2 N–H and O–H groups in total. The fourth-order valence-corrected chi connectivity index (χ4v) is 2.60. The average Bonchev–Trinajstić information content (AvgIpc) is 3.03. The fourth-order valence-electron chi connectivity index (χ4n) is 2.60. The van der Waals surface area contributed by atoms with Crippen LogP contribution in [0.15, 0.2) is 41.7 Å². The summed E-state index contributed by atoms with van der Waals surface area (Å²) in [6.07, 6.45) is 3.65. The summed E-state index contributed by atoms with van der Waals surface area (Å²) in [6.45, 7) is 11.0. The molecule has 28 heavy (non-hydrogen) atoms. The number of rotatable bonds is 9. The largest absolute Gasteiger partial charge is 0.489 e. The Hall–Kier alpha value is -1.84. The highest BCUT2D eigenvalue weighted by Gasteiger charge is 2.08. The van der Waals surface area contributed by atoms with Gasteiger partial charge in [0, 0.05) is 31.5 Å². The molecular weight excluding hydrogens is 472 g/mol. The number of nitrogens with zero attached hydrogens (tertiary/aromatic N) is 3. The van der Waals surface area contributed by atoms with Crippen LogP contribution >= 0.6 is 24.0 Å².